The van der Waals surface area contributed by atoms with E-state index in [0.29, 0.717) is 11.8 Å². The van der Waals surface area contributed by atoms with E-state index in [1.807, 2.05) is 6.92 Å². The molecule has 0 spiro atoms. The summed E-state index contributed by atoms with van der Waals surface area (Å²) >= 11 is 0. The van der Waals surface area contributed by atoms with Crippen LogP contribution in [0.3, 0.4) is 0 Å². The van der Waals surface area contributed by atoms with Crippen molar-refractivity contribution in [2.75, 3.05) is 0 Å². The Kier molecular flexibility index (Phi) is 7.44. The Hall–Kier alpha value is -1.50. The molecule has 0 aliphatic carbocycles. The van der Waals surface area contributed by atoms with Crippen molar-refractivity contribution in [3.63, 3.8) is 0 Å². The van der Waals surface area contributed by atoms with Gasteiger partial charge in [-0.3, -0.25) is 0 Å². The van der Waals surface area contributed by atoms with Crippen molar-refractivity contribution in [2.24, 2.45) is 11.7 Å². The maximum Gasteiger partial charge on any atom is 0.00867 e. The summed E-state index contributed by atoms with van der Waals surface area (Å²) in [5, 5.41) is 0. The minimum absolute atomic E-state index is 0.381. The van der Waals surface area contributed by atoms with Crippen LogP contribution in [0.15, 0.2) is 47.7 Å². The summed E-state index contributed by atoms with van der Waals surface area (Å²) in [6.45, 7) is 15.3. The molecule has 1 aromatic carbocycles. The molecule has 1 atom stereocenters. The highest BCUT2D eigenvalue weighted by molar-refractivity contribution is 5.41. The van der Waals surface area contributed by atoms with E-state index in [1.165, 1.54) is 22.3 Å². The highest BCUT2D eigenvalue weighted by Gasteiger charge is 2.19. The lowest BCUT2D eigenvalue weighted by atomic mass is 9.81. The van der Waals surface area contributed by atoms with Crippen LogP contribution in [-0.2, 0) is 0 Å². The second-order valence-electron chi connectivity index (χ2n) is 6.87. The van der Waals surface area contributed by atoms with Crippen LogP contribution in [0, 0.1) is 12.8 Å². The number of hydrogen-bond donors (Lipinski definition) is 1. The van der Waals surface area contributed by atoms with Gasteiger partial charge in [-0.15, -0.1) is 0 Å². The van der Waals surface area contributed by atoms with Gasteiger partial charge in [0.05, 0.1) is 0 Å². The fraction of sp³-hybridized carbons (Fsp3) is 0.524. The van der Waals surface area contributed by atoms with Gasteiger partial charge in [0.25, 0.3) is 0 Å². The molecule has 1 nitrogen and oxygen atoms in total. The van der Waals surface area contributed by atoms with Gasteiger partial charge in [0.15, 0.2) is 0 Å². The zero-order valence-corrected chi connectivity index (χ0v) is 15.1. The number of hydrogen-bond acceptors (Lipinski definition) is 1. The third kappa shape index (κ3) is 5.36. The van der Waals surface area contributed by atoms with E-state index in [9.17, 15) is 0 Å². The molecule has 122 valence electrons. The molecule has 2 N–H and O–H groups in total. The minimum atomic E-state index is 0.381. The third-order valence-corrected chi connectivity index (χ3v) is 4.31. The molecule has 0 saturated heterocycles. The first-order chi connectivity index (χ1) is 10.4. The van der Waals surface area contributed by atoms with Crippen molar-refractivity contribution in [3.8, 4) is 0 Å². The van der Waals surface area contributed by atoms with Gasteiger partial charge in [-0.2, -0.15) is 0 Å². The van der Waals surface area contributed by atoms with Crippen molar-refractivity contribution in [3.05, 3.63) is 58.8 Å². The first-order valence-corrected chi connectivity index (χ1v) is 8.57. The minimum Gasteiger partial charge on any atom is -0.402 e. The molecule has 0 radical (unpaired) electrons. The lowest BCUT2D eigenvalue weighted by molar-refractivity contribution is 0.578. The summed E-state index contributed by atoms with van der Waals surface area (Å²) in [6, 6.07) is 8.87. The summed E-state index contributed by atoms with van der Waals surface area (Å²) in [5.41, 5.74) is 12.3. The molecular formula is C21H33N. The topological polar surface area (TPSA) is 26.0 Å². The number of aryl methyl sites for hydroxylation is 1. The molecule has 1 unspecified atom stereocenters. The molecule has 0 fully saturated rings. The van der Waals surface area contributed by atoms with E-state index in [2.05, 4.69) is 58.5 Å². The van der Waals surface area contributed by atoms with Gasteiger partial charge >= 0.3 is 0 Å². The lowest BCUT2D eigenvalue weighted by Gasteiger charge is -2.24. The summed E-state index contributed by atoms with van der Waals surface area (Å²) < 4.78 is 0. The second-order valence-corrected chi connectivity index (χ2v) is 6.87. The summed E-state index contributed by atoms with van der Waals surface area (Å²) in [7, 11) is 0. The van der Waals surface area contributed by atoms with E-state index in [1.54, 1.807) is 0 Å². The first-order valence-electron chi connectivity index (χ1n) is 8.57. The largest absolute Gasteiger partial charge is 0.402 e. The SMILES string of the molecule is C=C(/C(CCC(C)C)=C(\C)N)C(CCC)c1ccc(C)cc1. The van der Waals surface area contributed by atoms with Gasteiger partial charge < -0.3 is 5.73 Å². The van der Waals surface area contributed by atoms with Gasteiger partial charge in [-0.05, 0) is 55.7 Å². The molecule has 0 aromatic heterocycles. The predicted molar refractivity (Wildman–Crippen MR) is 98.9 cm³/mol. The Labute approximate surface area is 137 Å². The zero-order valence-electron chi connectivity index (χ0n) is 15.1. The van der Waals surface area contributed by atoms with Crippen LogP contribution in [0.2, 0.25) is 0 Å². The Morgan fingerprint density at radius 2 is 1.73 bits per heavy atom. The third-order valence-electron chi connectivity index (χ3n) is 4.31. The Bertz CT molecular complexity index is 501. The van der Waals surface area contributed by atoms with Crippen LogP contribution in [-0.4, -0.2) is 0 Å². The lowest BCUT2D eigenvalue weighted by Crippen LogP contribution is -2.09. The highest BCUT2D eigenvalue weighted by Crippen LogP contribution is 2.35. The van der Waals surface area contributed by atoms with Gasteiger partial charge in [0.1, 0.15) is 0 Å². The van der Waals surface area contributed by atoms with E-state index >= 15 is 0 Å². The van der Waals surface area contributed by atoms with Crippen molar-refractivity contribution in [1.82, 2.24) is 0 Å². The van der Waals surface area contributed by atoms with Crippen LogP contribution in [0.5, 0.6) is 0 Å². The number of allylic oxidation sites excluding steroid dienone is 3. The molecule has 22 heavy (non-hydrogen) atoms. The standard InChI is InChI=1S/C21H33N/c1-7-8-21(19-12-10-16(4)11-13-19)17(5)20(18(6)22)14-9-15(2)3/h10-13,15,21H,5,7-9,14,22H2,1-4,6H3/b20-18+. The van der Waals surface area contributed by atoms with Crippen molar-refractivity contribution in [2.45, 2.75) is 66.2 Å². The molecule has 0 amide bonds. The molecule has 0 bridgehead atoms. The average Bonchev–Trinajstić information content (AvgIpc) is 2.45. The summed E-state index contributed by atoms with van der Waals surface area (Å²) in [5.74, 6) is 1.07. The van der Waals surface area contributed by atoms with Gasteiger partial charge in [0, 0.05) is 11.6 Å². The molecule has 0 aliphatic heterocycles. The van der Waals surface area contributed by atoms with Crippen molar-refractivity contribution < 1.29 is 0 Å². The Balaban J connectivity index is 3.05. The quantitative estimate of drug-likeness (QED) is 0.576. The van der Waals surface area contributed by atoms with Crippen LogP contribution in [0.1, 0.15) is 70.4 Å². The van der Waals surface area contributed by atoms with Crippen molar-refractivity contribution in [1.29, 1.82) is 0 Å². The predicted octanol–water partition coefficient (Wildman–Crippen LogP) is 6.10. The Morgan fingerprint density at radius 3 is 2.18 bits per heavy atom. The molecule has 0 aliphatic rings. The van der Waals surface area contributed by atoms with Crippen LogP contribution >= 0.6 is 0 Å². The maximum atomic E-state index is 6.18. The fourth-order valence-corrected chi connectivity index (χ4v) is 2.88. The maximum absolute atomic E-state index is 6.18. The molecule has 0 saturated carbocycles. The van der Waals surface area contributed by atoms with Crippen molar-refractivity contribution >= 4 is 0 Å². The molecule has 1 aromatic rings. The first kappa shape index (κ1) is 18.5. The summed E-state index contributed by atoms with van der Waals surface area (Å²) in [6.07, 6.45) is 4.47. The second kappa shape index (κ2) is 8.82. The number of benzene rings is 1. The van der Waals surface area contributed by atoms with Gasteiger partial charge in [-0.25, -0.2) is 0 Å². The molecular weight excluding hydrogens is 266 g/mol. The van der Waals surface area contributed by atoms with Crippen LogP contribution in [0.25, 0.3) is 0 Å². The smallest absolute Gasteiger partial charge is 0.00867 e. The zero-order chi connectivity index (χ0) is 16.7. The number of nitrogens with two attached hydrogens (primary N) is 1. The van der Waals surface area contributed by atoms with E-state index in [-0.39, 0.29) is 0 Å². The molecule has 0 heterocycles. The van der Waals surface area contributed by atoms with E-state index in [0.717, 1.165) is 31.4 Å². The van der Waals surface area contributed by atoms with Gasteiger partial charge in [0.2, 0.25) is 0 Å². The molecule has 1 heteroatoms. The van der Waals surface area contributed by atoms with Crippen LogP contribution < -0.4 is 5.73 Å². The monoisotopic (exact) mass is 299 g/mol. The highest BCUT2D eigenvalue weighted by atomic mass is 14.6. The summed E-state index contributed by atoms with van der Waals surface area (Å²) in [4.78, 5) is 0. The van der Waals surface area contributed by atoms with Gasteiger partial charge in [-0.1, -0.05) is 63.6 Å². The Morgan fingerprint density at radius 1 is 1.14 bits per heavy atom. The average molecular weight is 300 g/mol. The van der Waals surface area contributed by atoms with E-state index < -0.39 is 0 Å². The fourth-order valence-electron chi connectivity index (χ4n) is 2.88. The number of rotatable bonds is 8. The normalized spacial score (nSPS) is 13.9. The molecule has 1 rings (SSSR count). The van der Waals surface area contributed by atoms with E-state index in [4.69, 9.17) is 5.73 Å². The van der Waals surface area contributed by atoms with Crippen LogP contribution in [0.4, 0.5) is 0 Å².